The lowest BCUT2D eigenvalue weighted by molar-refractivity contribution is 0.248. The maximum atomic E-state index is 12.9. The van der Waals surface area contributed by atoms with Gasteiger partial charge in [0.1, 0.15) is 0 Å². The van der Waals surface area contributed by atoms with Gasteiger partial charge < -0.3 is 5.32 Å². The fourth-order valence-electron chi connectivity index (χ4n) is 3.96. The van der Waals surface area contributed by atoms with Gasteiger partial charge in [-0.2, -0.15) is 4.31 Å². The first kappa shape index (κ1) is 20.3. The summed E-state index contributed by atoms with van der Waals surface area (Å²) < 4.78 is 27.3. The third-order valence-corrected chi connectivity index (χ3v) is 8.23. The Morgan fingerprint density at radius 2 is 2.10 bits per heavy atom. The van der Waals surface area contributed by atoms with Crippen LogP contribution in [0.1, 0.15) is 47.4 Å². The number of aromatic nitrogens is 1. The molecule has 7 nitrogen and oxygen atoms in total. The van der Waals surface area contributed by atoms with Crippen LogP contribution in [0.5, 0.6) is 0 Å². The molecule has 0 saturated heterocycles. The predicted molar refractivity (Wildman–Crippen MR) is 114 cm³/mol. The van der Waals surface area contributed by atoms with Crippen LogP contribution in [0.2, 0.25) is 0 Å². The summed E-state index contributed by atoms with van der Waals surface area (Å²) in [5.74, 6) is -0.00226. The number of nitrogens with one attached hydrogen (secondary N) is 2. The second-order valence-electron chi connectivity index (χ2n) is 7.80. The van der Waals surface area contributed by atoms with Crippen molar-refractivity contribution in [2.45, 2.75) is 57.4 Å². The third-order valence-electron chi connectivity index (χ3n) is 5.43. The topological polar surface area (TPSA) is 91.4 Å². The molecule has 0 bridgehead atoms. The number of carbonyl (C=O) groups is 1. The van der Waals surface area contributed by atoms with Crippen molar-refractivity contribution in [2.75, 3.05) is 11.9 Å². The van der Waals surface area contributed by atoms with E-state index in [1.54, 1.807) is 0 Å². The summed E-state index contributed by atoms with van der Waals surface area (Å²) >= 11 is 1.36. The number of hydrogen-bond acceptors (Lipinski definition) is 5. The lowest BCUT2D eigenvalue weighted by Crippen LogP contribution is -2.36. The van der Waals surface area contributed by atoms with E-state index in [1.807, 2.05) is 31.2 Å². The van der Waals surface area contributed by atoms with Crippen LogP contribution in [0.25, 0.3) is 0 Å². The quantitative estimate of drug-likeness (QED) is 0.754. The Morgan fingerprint density at radius 1 is 1.31 bits per heavy atom. The van der Waals surface area contributed by atoms with Gasteiger partial charge in [-0.15, -0.1) is 0 Å². The van der Waals surface area contributed by atoms with Gasteiger partial charge in [-0.1, -0.05) is 54.0 Å². The van der Waals surface area contributed by atoms with Gasteiger partial charge in [0.05, 0.1) is 11.4 Å². The molecule has 2 aliphatic rings. The normalized spacial score (nSPS) is 17.8. The van der Waals surface area contributed by atoms with Crippen LogP contribution in [0, 0.1) is 6.92 Å². The maximum Gasteiger partial charge on any atom is 0.321 e. The molecule has 2 amide bonds. The first-order chi connectivity index (χ1) is 13.9. The molecule has 1 aliphatic heterocycles. The summed E-state index contributed by atoms with van der Waals surface area (Å²) in [5.41, 5.74) is 2.73. The molecule has 2 heterocycles. The molecule has 4 rings (SSSR count). The Hall–Kier alpha value is -1.97. The third kappa shape index (κ3) is 4.96. The number of fused-ring (bicyclic) bond motifs is 1. The first-order valence-corrected chi connectivity index (χ1v) is 12.4. The average Bonchev–Trinajstić information content (AvgIpc) is 3.29. The van der Waals surface area contributed by atoms with Gasteiger partial charge in [-0.3, -0.25) is 5.32 Å². The monoisotopic (exact) mass is 434 g/mol. The van der Waals surface area contributed by atoms with E-state index in [0.717, 1.165) is 47.4 Å². The Bertz CT molecular complexity index is 997. The zero-order valence-corrected chi connectivity index (χ0v) is 18.1. The van der Waals surface area contributed by atoms with Gasteiger partial charge in [0.25, 0.3) is 0 Å². The molecular formula is C20H26N4O3S2. The van der Waals surface area contributed by atoms with Crippen LogP contribution >= 0.6 is 11.3 Å². The molecule has 1 aromatic heterocycles. The van der Waals surface area contributed by atoms with Crippen molar-refractivity contribution >= 4 is 32.5 Å². The molecule has 2 N–H and O–H groups in total. The summed E-state index contributed by atoms with van der Waals surface area (Å²) in [6.07, 6.45) is 4.92. The number of hydrogen-bond donors (Lipinski definition) is 2. The molecule has 0 atom stereocenters. The van der Waals surface area contributed by atoms with E-state index in [2.05, 4.69) is 15.6 Å². The number of urea groups is 1. The highest BCUT2D eigenvalue weighted by molar-refractivity contribution is 7.88. The van der Waals surface area contributed by atoms with Crippen molar-refractivity contribution in [3.63, 3.8) is 0 Å². The first-order valence-electron chi connectivity index (χ1n) is 9.98. The van der Waals surface area contributed by atoms with Gasteiger partial charge >= 0.3 is 6.03 Å². The van der Waals surface area contributed by atoms with Crippen molar-refractivity contribution in [1.82, 2.24) is 14.6 Å². The van der Waals surface area contributed by atoms with E-state index < -0.39 is 10.0 Å². The Labute approximate surface area is 175 Å². The second kappa shape index (κ2) is 8.41. The number of nitrogens with zero attached hydrogens (tertiary/aromatic N) is 2. The van der Waals surface area contributed by atoms with E-state index in [9.17, 15) is 13.2 Å². The van der Waals surface area contributed by atoms with E-state index in [1.165, 1.54) is 15.6 Å². The second-order valence-corrected chi connectivity index (χ2v) is 10.9. The van der Waals surface area contributed by atoms with Gasteiger partial charge in [-0.05, 0) is 25.3 Å². The van der Waals surface area contributed by atoms with Crippen LogP contribution in [0.4, 0.5) is 9.93 Å². The fraction of sp³-hybridized carbons (Fsp3) is 0.500. The van der Waals surface area contributed by atoms with Crippen molar-refractivity contribution < 1.29 is 13.2 Å². The zero-order valence-electron chi connectivity index (χ0n) is 16.5. The molecule has 9 heteroatoms. The summed E-state index contributed by atoms with van der Waals surface area (Å²) in [7, 11) is -3.41. The highest BCUT2D eigenvalue weighted by Gasteiger charge is 2.29. The minimum atomic E-state index is -3.41. The van der Waals surface area contributed by atoms with E-state index in [4.69, 9.17) is 0 Å². The minimum absolute atomic E-state index is 0.00226. The smallest absolute Gasteiger partial charge is 0.321 e. The number of aryl methyl sites for hydroxylation is 1. The van der Waals surface area contributed by atoms with Crippen LogP contribution < -0.4 is 10.6 Å². The van der Waals surface area contributed by atoms with Crippen LogP contribution in [-0.2, 0) is 28.7 Å². The van der Waals surface area contributed by atoms with E-state index in [0.29, 0.717) is 24.6 Å². The Kier molecular flexibility index (Phi) is 5.89. The highest BCUT2D eigenvalue weighted by atomic mass is 32.2. The van der Waals surface area contributed by atoms with Crippen molar-refractivity contribution in [2.24, 2.45) is 0 Å². The van der Waals surface area contributed by atoms with Gasteiger partial charge in [0.15, 0.2) is 5.13 Å². The van der Waals surface area contributed by atoms with Gasteiger partial charge in [0.2, 0.25) is 10.0 Å². The largest absolute Gasteiger partial charge is 0.335 e. The van der Waals surface area contributed by atoms with Crippen molar-refractivity contribution in [3.8, 4) is 0 Å². The molecule has 1 aliphatic carbocycles. The molecule has 2 aromatic rings. The number of sulfonamides is 1. The summed E-state index contributed by atoms with van der Waals surface area (Å²) in [6.45, 7) is 2.68. The number of rotatable bonds is 5. The van der Waals surface area contributed by atoms with Crippen LogP contribution in [-0.4, -0.2) is 36.3 Å². The summed E-state index contributed by atoms with van der Waals surface area (Å²) in [5, 5.41) is 6.33. The van der Waals surface area contributed by atoms with Gasteiger partial charge in [0, 0.05) is 30.4 Å². The van der Waals surface area contributed by atoms with E-state index >= 15 is 0 Å². The number of benzene rings is 1. The zero-order chi connectivity index (χ0) is 20.4. The molecule has 1 fully saturated rings. The number of carbonyl (C=O) groups excluding carboxylic acids is 1. The van der Waals surface area contributed by atoms with Crippen molar-refractivity contribution in [1.29, 1.82) is 0 Å². The SMILES string of the molecule is Cc1cccc(CS(=O)(=O)N2CCc3nc(NC(=O)NC4CCCC4)sc3C2)c1. The minimum Gasteiger partial charge on any atom is -0.335 e. The molecule has 0 spiro atoms. The standard InChI is InChI=1S/C20H26N4O3S2/c1-14-5-4-6-15(11-14)13-29(26,27)24-10-9-17-18(12-24)28-20(22-17)23-19(25)21-16-7-2-3-8-16/h4-6,11,16H,2-3,7-10,12-13H2,1H3,(H2,21,22,23,25). The molecule has 0 unspecified atom stereocenters. The lowest BCUT2D eigenvalue weighted by atomic mass is 10.2. The molecule has 1 aromatic carbocycles. The van der Waals surface area contributed by atoms with Gasteiger partial charge in [-0.25, -0.2) is 18.2 Å². The molecule has 1 saturated carbocycles. The molecule has 29 heavy (non-hydrogen) atoms. The van der Waals surface area contributed by atoms with Crippen LogP contribution in [0.3, 0.4) is 0 Å². The lowest BCUT2D eigenvalue weighted by Gasteiger charge is -2.25. The summed E-state index contributed by atoms with van der Waals surface area (Å²) in [6, 6.07) is 7.60. The van der Waals surface area contributed by atoms with Crippen LogP contribution in [0.15, 0.2) is 24.3 Å². The number of anilines is 1. The molecule has 156 valence electrons. The predicted octanol–water partition coefficient (Wildman–Crippen LogP) is 3.40. The number of amides is 2. The molecule has 0 radical (unpaired) electrons. The van der Waals surface area contributed by atoms with Crippen molar-refractivity contribution in [3.05, 3.63) is 46.0 Å². The van der Waals surface area contributed by atoms with E-state index in [-0.39, 0.29) is 17.8 Å². The Balaban J connectivity index is 1.39. The highest BCUT2D eigenvalue weighted by Crippen LogP contribution is 2.30. The molecular weight excluding hydrogens is 408 g/mol. The average molecular weight is 435 g/mol. The summed E-state index contributed by atoms with van der Waals surface area (Å²) in [4.78, 5) is 17.6. The maximum absolute atomic E-state index is 12.9. The number of thiazole rings is 1. The Morgan fingerprint density at radius 3 is 2.86 bits per heavy atom. The fourth-order valence-corrected chi connectivity index (χ4v) is 6.53.